The molecule has 0 saturated carbocycles. The molecule has 0 radical (unpaired) electrons. The second-order valence-electron chi connectivity index (χ2n) is 3.10. The fourth-order valence-corrected chi connectivity index (χ4v) is 4.87. The Morgan fingerprint density at radius 1 is 1.67 bits per heavy atom. The van der Waals surface area contributed by atoms with Crippen LogP contribution in [0.1, 0.15) is 5.69 Å². The molecule has 2 heterocycles. The Bertz CT molecular complexity index is 343. The Morgan fingerprint density at radius 2 is 2.60 bits per heavy atom. The van der Waals surface area contributed by atoms with E-state index in [0.717, 1.165) is 18.0 Å². The predicted octanol–water partition coefficient (Wildman–Crippen LogP) is 1.83. The first-order valence-electron chi connectivity index (χ1n) is 4.75. The van der Waals surface area contributed by atoms with Crippen LogP contribution in [0.2, 0.25) is 0 Å². The molecule has 0 aromatic carbocycles. The SMILES string of the molecule is COC1CNC=S1SCc1ccccn1. The third kappa shape index (κ3) is 3.04. The molecule has 82 valence electrons. The highest BCUT2D eigenvalue weighted by Gasteiger charge is 2.17. The van der Waals surface area contributed by atoms with E-state index in [1.165, 1.54) is 0 Å². The van der Waals surface area contributed by atoms with Crippen molar-refractivity contribution in [3.63, 3.8) is 0 Å². The van der Waals surface area contributed by atoms with Crippen molar-refractivity contribution in [2.75, 3.05) is 13.7 Å². The topological polar surface area (TPSA) is 34.1 Å². The van der Waals surface area contributed by atoms with Gasteiger partial charge in [-0.3, -0.25) is 10.3 Å². The van der Waals surface area contributed by atoms with E-state index >= 15 is 0 Å². The van der Waals surface area contributed by atoms with Gasteiger partial charge in [0.15, 0.2) is 0 Å². The fraction of sp³-hybridized carbons (Fsp3) is 0.400. The molecule has 2 atom stereocenters. The van der Waals surface area contributed by atoms with E-state index in [1.807, 2.05) is 29.1 Å². The quantitative estimate of drug-likeness (QED) is 0.645. The molecule has 0 aliphatic carbocycles. The highest BCUT2D eigenvalue weighted by molar-refractivity contribution is 8.83. The number of ether oxygens (including phenoxy) is 1. The van der Waals surface area contributed by atoms with Gasteiger partial charge in [0.2, 0.25) is 0 Å². The Balaban J connectivity index is 1.88. The van der Waals surface area contributed by atoms with E-state index < -0.39 is 0 Å². The Kier molecular flexibility index (Phi) is 4.19. The fourth-order valence-electron chi connectivity index (χ4n) is 1.28. The number of nitrogens with zero attached hydrogens (tertiary/aromatic N) is 1. The van der Waals surface area contributed by atoms with Crippen molar-refractivity contribution < 1.29 is 4.74 Å². The van der Waals surface area contributed by atoms with Gasteiger partial charge in [-0.05, 0) is 12.1 Å². The van der Waals surface area contributed by atoms with E-state index in [-0.39, 0.29) is 9.52 Å². The van der Waals surface area contributed by atoms with Crippen molar-refractivity contribution in [1.82, 2.24) is 10.3 Å². The molecule has 1 aliphatic heterocycles. The third-order valence-corrected chi connectivity index (χ3v) is 6.14. The number of rotatable bonds is 4. The summed E-state index contributed by atoms with van der Waals surface area (Å²) in [6.45, 7) is 0.925. The van der Waals surface area contributed by atoms with Gasteiger partial charge >= 0.3 is 0 Å². The van der Waals surface area contributed by atoms with Crippen LogP contribution >= 0.6 is 20.3 Å². The van der Waals surface area contributed by atoms with E-state index in [0.29, 0.717) is 5.44 Å². The number of methoxy groups -OCH3 is 1. The lowest BCUT2D eigenvalue weighted by Crippen LogP contribution is -2.16. The van der Waals surface area contributed by atoms with Gasteiger partial charge in [0.25, 0.3) is 0 Å². The molecular formula is C10H14N2OS2. The summed E-state index contributed by atoms with van der Waals surface area (Å²) in [5, 5.41) is 3.23. The normalized spacial score (nSPS) is 25.1. The molecule has 1 aliphatic rings. The molecule has 2 unspecified atom stereocenters. The number of nitrogens with one attached hydrogen (secondary N) is 1. The van der Waals surface area contributed by atoms with Gasteiger partial charge in [-0.15, -0.1) is 0 Å². The first-order valence-corrected chi connectivity index (χ1v) is 7.60. The van der Waals surface area contributed by atoms with E-state index in [2.05, 4.69) is 21.9 Å². The highest BCUT2D eigenvalue weighted by atomic mass is 33.1. The average Bonchev–Trinajstić information content (AvgIpc) is 2.75. The summed E-state index contributed by atoms with van der Waals surface area (Å²) in [6, 6.07) is 6.02. The Morgan fingerprint density at radius 3 is 3.33 bits per heavy atom. The van der Waals surface area contributed by atoms with Gasteiger partial charge in [0.1, 0.15) is 5.44 Å². The van der Waals surface area contributed by atoms with Gasteiger partial charge in [-0.25, -0.2) is 0 Å². The molecule has 1 N–H and O–H groups in total. The maximum Gasteiger partial charge on any atom is 0.120 e. The maximum absolute atomic E-state index is 5.39. The van der Waals surface area contributed by atoms with Crippen LogP contribution in [0.25, 0.3) is 0 Å². The molecule has 5 heteroatoms. The molecule has 0 fully saturated rings. The second-order valence-corrected chi connectivity index (χ2v) is 6.91. The van der Waals surface area contributed by atoms with Crippen LogP contribution < -0.4 is 5.32 Å². The second kappa shape index (κ2) is 5.65. The molecule has 15 heavy (non-hydrogen) atoms. The lowest BCUT2D eigenvalue weighted by atomic mass is 10.4. The van der Waals surface area contributed by atoms with Crippen molar-refractivity contribution in [2.45, 2.75) is 11.2 Å². The van der Waals surface area contributed by atoms with Crippen molar-refractivity contribution in [1.29, 1.82) is 0 Å². The zero-order valence-corrected chi connectivity index (χ0v) is 10.2. The van der Waals surface area contributed by atoms with Crippen LogP contribution in [-0.2, 0) is 10.5 Å². The average molecular weight is 242 g/mol. The summed E-state index contributed by atoms with van der Waals surface area (Å²) < 4.78 is 5.39. The summed E-state index contributed by atoms with van der Waals surface area (Å²) in [4.78, 5) is 4.30. The molecule has 0 bridgehead atoms. The minimum absolute atomic E-state index is 0.153. The van der Waals surface area contributed by atoms with Crippen LogP contribution in [0.3, 0.4) is 0 Å². The lowest BCUT2D eigenvalue weighted by molar-refractivity contribution is 0.179. The summed E-state index contributed by atoms with van der Waals surface area (Å²) in [7, 11) is 3.82. The number of aromatic nitrogens is 1. The zero-order valence-electron chi connectivity index (χ0n) is 8.55. The third-order valence-electron chi connectivity index (χ3n) is 2.08. The standard InChI is InChI=1S/C10H14N2OS2/c1-13-10-6-11-8-15(10)14-7-9-4-2-3-5-12-9/h2-5,8,10-11H,6-7H2,1H3. The smallest absolute Gasteiger partial charge is 0.120 e. The molecule has 2 rings (SSSR count). The van der Waals surface area contributed by atoms with Gasteiger partial charge in [-0.1, -0.05) is 26.4 Å². The largest absolute Gasteiger partial charge is 0.369 e. The van der Waals surface area contributed by atoms with Gasteiger partial charge < -0.3 is 4.74 Å². The van der Waals surface area contributed by atoms with Crippen molar-refractivity contribution in [3.05, 3.63) is 30.1 Å². The first kappa shape index (κ1) is 11.1. The van der Waals surface area contributed by atoms with Gasteiger partial charge in [-0.2, -0.15) is 0 Å². The molecular weight excluding hydrogens is 228 g/mol. The summed E-state index contributed by atoms with van der Waals surface area (Å²) in [5.41, 5.74) is 3.59. The molecule has 1 aromatic heterocycles. The Labute approximate surface area is 96.0 Å². The number of pyridine rings is 1. The molecule has 0 amide bonds. The number of hydrogen-bond acceptors (Lipinski definition) is 4. The minimum Gasteiger partial charge on any atom is -0.369 e. The summed E-state index contributed by atoms with van der Waals surface area (Å²) in [6.07, 6.45) is 1.84. The Hall–Kier alpha value is -0.360. The van der Waals surface area contributed by atoms with Crippen LogP contribution in [0, 0.1) is 0 Å². The van der Waals surface area contributed by atoms with Gasteiger partial charge in [0, 0.05) is 31.1 Å². The summed E-state index contributed by atoms with van der Waals surface area (Å²) >= 11 is 0. The first-order chi connectivity index (χ1) is 7.40. The lowest BCUT2D eigenvalue weighted by Gasteiger charge is -2.12. The molecule has 0 saturated heterocycles. The van der Waals surface area contributed by atoms with E-state index in [9.17, 15) is 0 Å². The highest BCUT2D eigenvalue weighted by Crippen LogP contribution is 2.38. The van der Waals surface area contributed by atoms with Crippen LogP contribution in [-0.4, -0.2) is 29.6 Å². The van der Waals surface area contributed by atoms with Crippen LogP contribution in [0.4, 0.5) is 0 Å². The zero-order chi connectivity index (χ0) is 10.5. The predicted molar refractivity (Wildman–Crippen MR) is 68.0 cm³/mol. The minimum atomic E-state index is 0.153. The number of hydrogen-bond donors (Lipinski definition) is 1. The van der Waals surface area contributed by atoms with Gasteiger partial charge in [0.05, 0.1) is 5.69 Å². The van der Waals surface area contributed by atoms with E-state index in [1.54, 1.807) is 7.11 Å². The van der Waals surface area contributed by atoms with E-state index in [4.69, 9.17) is 4.74 Å². The maximum atomic E-state index is 5.39. The van der Waals surface area contributed by atoms with Crippen molar-refractivity contribution in [3.8, 4) is 0 Å². The van der Waals surface area contributed by atoms with Crippen LogP contribution in [0.15, 0.2) is 24.4 Å². The van der Waals surface area contributed by atoms with Crippen molar-refractivity contribution in [2.24, 2.45) is 0 Å². The summed E-state index contributed by atoms with van der Waals surface area (Å²) in [5.74, 6) is 0.946. The molecule has 1 aromatic rings. The van der Waals surface area contributed by atoms with Crippen LogP contribution in [0.5, 0.6) is 0 Å². The monoisotopic (exact) mass is 242 g/mol. The molecule has 0 spiro atoms. The molecule has 3 nitrogen and oxygen atoms in total. The van der Waals surface area contributed by atoms with Crippen molar-refractivity contribution >= 4 is 25.8 Å².